The van der Waals surface area contributed by atoms with Crippen molar-refractivity contribution in [3.63, 3.8) is 0 Å². The van der Waals surface area contributed by atoms with Crippen molar-refractivity contribution in [1.82, 2.24) is 5.32 Å². The fourth-order valence-corrected chi connectivity index (χ4v) is 3.91. The minimum absolute atomic E-state index is 0.0628. The quantitative estimate of drug-likeness (QED) is 0.666. The summed E-state index contributed by atoms with van der Waals surface area (Å²) in [5.74, 6) is 0.498. The van der Waals surface area contributed by atoms with E-state index in [1.54, 1.807) is 31.4 Å². The number of nitrogens with one attached hydrogen (secondary N) is 1. The number of methoxy groups -OCH3 is 3. The van der Waals surface area contributed by atoms with Crippen molar-refractivity contribution in [2.24, 2.45) is 0 Å². The lowest BCUT2D eigenvalue weighted by Gasteiger charge is -2.20. The monoisotopic (exact) mass is 422 g/mol. The fourth-order valence-electron chi connectivity index (χ4n) is 2.70. The lowest BCUT2D eigenvalue weighted by molar-refractivity contribution is 0.0905. The Morgan fingerprint density at radius 3 is 2.21 bits per heavy atom. The Hall–Kier alpha value is -2.78. The zero-order valence-electron chi connectivity index (χ0n) is 17.1. The first-order chi connectivity index (χ1) is 13.7. The van der Waals surface area contributed by atoms with Crippen molar-refractivity contribution >= 4 is 21.6 Å². The third-order valence-electron chi connectivity index (χ3n) is 4.30. The number of rotatable bonds is 9. The lowest BCUT2D eigenvalue weighted by Crippen LogP contribution is -2.35. The molecule has 0 aliphatic heterocycles. The van der Waals surface area contributed by atoms with E-state index in [0.717, 1.165) is 4.31 Å². The van der Waals surface area contributed by atoms with Gasteiger partial charge in [0.1, 0.15) is 0 Å². The van der Waals surface area contributed by atoms with Crippen LogP contribution in [0.15, 0.2) is 47.4 Å². The molecule has 9 heteroatoms. The molecule has 0 saturated heterocycles. The van der Waals surface area contributed by atoms with Gasteiger partial charge in [-0.2, -0.15) is 0 Å². The van der Waals surface area contributed by atoms with Crippen molar-refractivity contribution in [3.8, 4) is 11.5 Å². The second-order valence-corrected chi connectivity index (χ2v) is 8.34. The van der Waals surface area contributed by atoms with Gasteiger partial charge < -0.3 is 19.5 Å². The van der Waals surface area contributed by atoms with Gasteiger partial charge in [-0.1, -0.05) is 0 Å². The van der Waals surface area contributed by atoms with E-state index in [1.165, 1.54) is 39.5 Å². The predicted molar refractivity (Wildman–Crippen MR) is 110 cm³/mol. The second-order valence-electron chi connectivity index (χ2n) is 6.37. The highest BCUT2D eigenvalue weighted by atomic mass is 32.2. The Labute approximate surface area is 171 Å². The van der Waals surface area contributed by atoms with Crippen LogP contribution in [0.2, 0.25) is 0 Å². The minimum atomic E-state index is -3.83. The van der Waals surface area contributed by atoms with Crippen molar-refractivity contribution < 1.29 is 27.4 Å². The number of hydrogen-bond acceptors (Lipinski definition) is 6. The summed E-state index contributed by atoms with van der Waals surface area (Å²) in [5, 5.41) is 2.80. The molecule has 2 aromatic rings. The molecule has 0 heterocycles. The largest absolute Gasteiger partial charge is 0.493 e. The van der Waals surface area contributed by atoms with Crippen LogP contribution in [0.25, 0.3) is 0 Å². The molecule has 0 bridgehead atoms. The molecule has 2 aromatic carbocycles. The summed E-state index contributed by atoms with van der Waals surface area (Å²) in [6, 6.07) is 10.6. The van der Waals surface area contributed by atoms with E-state index in [2.05, 4.69) is 5.32 Å². The molecule has 158 valence electrons. The fraction of sp³-hybridized carbons (Fsp3) is 0.350. The molecule has 0 radical (unpaired) electrons. The maximum atomic E-state index is 13.0. The van der Waals surface area contributed by atoms with E-state index in [4.69, 9.17) is 14.2 Å². The first-order valence-electron chi connectivity index (χ1n) is 8.85. The molecule has 0 aromatic heterocycles. The van der Waals surface area contributed by atoms with Gasteiger partial charge in [-0.3, -0.25) is 9.10 Å². The smallest absolute Gasteiger partial charge is 0.264 e. The molecule has 1 atom stereocenters. The zero-order valence-corrected chi connectivity index (χ0v) is 17.9. The van der Waals surface area contributed by atoms with Gasteiger partial charge in [0.05, 0.1) is 31.4 Å². The Balaban J connectivity index is 2.23. The summed E-state index contributed by atoms with van der Waals surface area (Å²) in [4.78, 5) is 12.3. The number of anilines is 1. The summed E-state index contributed by atoms with van der Waals surface area (Å²) in [5.41, 5.74) is 0.842. The van der Waals surface area contributed by atoms with Crippen LogP contribution >= 0.6 is 0 Å². The molecule has 8 nitrogen and oxygen atoms in total. The molecule has 0 aliphatic rings. The molecule has 29 heavy (non-hydrogen) atoms. The maximum absolute atomic E-state index is 13.0. The summed E-state index contributed by atoms with van der Waals surface area (Å²) in [7, 11) is 2.10. The van der Waals surface area contributed by atoms with E-state index >= 15 is 0 Å². The zero-order chi connectivity index (χ0) is 21.6. The maximum Gasteiger partial charge on any atom is 0.264 e. The summed E-state index contributed by atoms with van der Waals surface area (Å²) in [6.45, 7) is 2.23. The van der Waals surface area contributed by atoms with E-state index in [-0.39, 0.29) is 16.8 Å². The van der Waals surface area contributed by atoms with Crippen LogP contribution < -0.4 is 19.1 Å². The van der Waals surface area contributed by atoms with Gasteiger partial charge >= 0.3 is 0 Å². The average Bonchev–Trinajstić information content (AvgIpc) is 2.72. The molecule has 1 amide bonds. The van der Waals surface area contributed by atoms with Crippen LogP contribution in [0.3, 0.4) is 0 Å². The Morgan fingerprint density at radius 1 is 1.03 bits per heavy atom. The Kier molecular flexibility index (Phi) is 7.46. The van der Waals surface area contributed by atoms with E-state index in [0.29, 0.717) is 29.4 Å². The standard InChI is InChI=1S/C20H26N2O6S/c1-14(13-26-3)21-20(23)15-6-8-16(9-7-15)22(2)29(24,25)17-10-11-18(27-4)19(12-17)28-5/h6-12,14H,13H2,1-5H3,(H,21,23)/t14-/m0/s1. The van der Waals surface area contributed by atoms with Crippen molar-refractivity contribution in [2.45, 2.75) is 17.9 Å². The van der Waals surface area contributed by atoms with Crippen molar-refractivity contribution in [2.75, 3.05) is 39.3 Å². The normalized spacial score (nSPS) is 12.2. The molecule has 1 N–H and O–H groups in total. The van der Waals surface area contributed by atoms with Gasteiger partial charge in [0.15, 0.2) is 11.5 Å². The summed E-state index contributed by atoms with van der Waals surface area (Å²) < 4.78 is 42.4. The molecular weight excluding hydrogens is 396 g/mol. The van der Waals surface area contributed by atoms with Gasteiger partial charge in [-0.15, -0.1) is 0 Å². The first-order valence-corrected chi connectivity index (χ1v) is 10.3. The molecule has 2 rings (SSSR count). The van der Waals surface area contributed by atoms with Gasteiger partial charge in [-0.05, 0) is 43.3 Å². The number of sulfonamides is 1. The number of amides is 1. The molecule has 0 fully saturated rings. The lowest BCUT2D eigenvalue weighted by atomic mass is 10.2. The van der Waals surface area contributed by atoms with Crippen LogP contribution in [0.4, 0.5) is 5.69 Å². The highest BCUT2D eigenvalue weighted by Gasteiger charge is 2.23. The SMILES string of the molecule is COC[C@H](C)NC(=O)c1ccc(N(C)S(=O)(=O)c2ccc(OC)c(OC)c2)cc1. The number of nitrogens with zero attached hydrogens (tertiary/aromatic N) is 1. The molecule has 0 unspecified atom stereocenters. The minimum Gasteiger partial charge on any atom is -0.493 e. The van der Waals surface area contributed by atoms with Crippen molar-refractivity contribution in [1.29, 1.82) is 0 Å². The van der Waals surface area contributed by atoms with Crippen LogP contribution in [0.5, 0.6) is 11.5 Å². The highest BCUT2D eigenvalue weighted by molar-refractivity contribution is 7.92. The summed E-state index contributed by atoms with van der Waals surface area (Å²) in [6.07, 6.45) is 0. The molecule has 0 aliphatic carbocycles. The number of hydrogen-bond donors (Lipinski definition) is 1. The number of benzene rings is 2. The highest BCUT2D eigenvalue weighted by Crippen LogP contribution is 2.31. The van der Waals surface area contributed by atoms with Gasteiger partial charge in [0.2, 0.25) is 0 Å². The predicted octanol–water partition coefficient (Wildman–Crippen LogP) is 2.29. The average molecular weight is 423 g/mol. The Bertz CT molecular complexity index is 944. The molecule has 0 spiro atoms. The number of carbonyl (C=O) groups excluding carboxylic acids is 1. The van der Waals surface area contributed by atoms with Crippen LogP contribution in [0.1, 0.15) is 17.3 Å². The van der Waals surface area contributed by atoms with Crippen LogP contribution in [-0.2, 0) is 14.8 Å². The topological polar surface area (TPSA) is 94.2 Å². The molecule has 0 saturated carbocycles. The second kappa shape index (κ2) is 9.62. The van der Waals surface area contributed by atoms with Crippen molar-refractivity contribution in [3.05, 3.63) is 48.0 Å². The third-order valence-corrected chi connectivity index (χ3v) is 6.08. The van der Waals surface area contributed by atoms with Crippen LogP contribution in [-0.4, -0.2) is 55.4 Å². The van der Waals surface area contributed by atoms with Gasteiger partial charge in [0.25, 0.3) is 15.9 Å². The molecular formula is C20H26N2O6S. The number of ether oxygens (including phenoxy) is 3. The van der Waals surface area contributed by atoms with Gasteiger partial charge in [-0.25, -0.2) is 8.42 Å². The van der Waals surface area contributed by atoms with Crippen LogP contribution in [0, 0.1) is 0 Å². The van der Waals surface area contributed by atoms with E-state index in [1.807, 2.05) is 6.92 Å². The number of carbonyl (C=O) groups is 1. The summed E-state index contributed by atoms with van der Waals surface area (Å²) >= 11 is 0. The first kappa shape index (κ1) is 22.5. The third kappa shape index (κ3) is 5.18. The van der Waals surface area contributed by atoms with Gasteiger partial charge in [0, 0.05) is 31.8 Å². The Morgan fingerprint density at radius 2 is 1.66 bits per heavy atom. The van der Waals surface area contributed by atoms with E-state index < -0.39 is 10.0 Å². The van der Waals surface area contributed by atoms with E-state index in [9.17, 15) is 13.2 Å².